The Kier molecular flexibility index (Phi) is 7.16. The number of fused-ring (bicyclic) bond motifs is 8. The molecule has 3 heteroatoms. The van der Waals surface area contributed by atoms with Crippen molar-refractivity contribution in [1.29, 1.82) is 0 Å². The van der Waals surface area contributed by atoms with Gasteiger partial charge in [0.05, 0.1) is 12.2 Å². The second kappa shape index (κ2) is 10.6. The number of thioether (sulfide) groups is 1. The number of ether oxygens (including phenoxy) is 1. The number of nitrogens with zero attached hydrogens (tertiary/aromatic N) is 1. The van der Waals surface area contributed by atoms with E-state index in [-0.39, 0.29) is 0 Å². The van der Waals surface area contributed by atoms with Gasteiger partial charge in [0.2, 0.25) is 0 Å². The van der Waals surface area contributed by atoms with Crippen LogP contribution in [0, 0.1) is 35.5 Å². The third-order valence-corrected chi connectivity index (χ3v) is 15.6. The Balaban J connectivity index is 1.07. The summed E-state index contributed by atoms with van der Waals surface area (Å²) >= 11 is 2.58. The first-order valence-corrected chi connectivity index (χ1v) is 18.4. The molecule has 0 aromatic carbocycles. The smallest absolute Gasteiger partial charge is 0.0621 e. The van der Waals surface area contributed by atoms with Crippen LogP contribution in [0.15, 0.2) is 0 Å². The Morgan fingerprint density at radius 3 is 2.16 bits per heavy atom. The van der Waals surface area contributed by atoms with Crippen LogP contribution in [0.5, 0.6) is 0 Å². The molecule has 37 heavy (non-hydrogen) atoms. The van der Waals surface area contributed by atoms with Gasteiger partial charge in [0.1, 0.15) is 0 Å². The summed E-state index contributed by atoms with van der Waals surface area (Å²) in [6, 6.07) is 2.72. The van der Waals surface area contributed by atoms with Crippen molar-refractivity contribution in [2.24, 2.45) is 35.5 Å². The molecule has 8 rings (SSSR count). The Morgan fingerprint density at radius 2 is 1.24 bits per heavy atom. The highest BCUT2D eigenvalue weighted by Crippen LogP contribution is 2.62. The topological polar surface area (TPSA) is 12.5 Å². The molecular formula is C34H55NOS. The Hall–Kier alpha value is 0.270. The van der Waals surface area contributed by atoms with Gasteiger partial charge < -0.3 is 4.74 Å². The van der Waals surface area contributed by atoms with Crippen molar-refractivity contribution >= 4 is 11.8 Å². The van der Waals surface area contributed by atoms with E-state index in [0.29, 0.717) is 12.2 Å². The average molecular weight is 526 g/mol. The number of rotatable bonds is 3. The van der Waals surface area contributed by atoms with Crippen molar-refractivity contribution in [2.75, 3.05) is 0 Å². The minimum atomic E-state index is 0.622. The van der Waals surface area contributed by atoms with E-state index in [4.69, 9.17) is 4.74 Å². The molecule has 0 spiro atoms. The van der Waals surface area contributed by atoms with E-state index in [1.165, 1.54) is 103 Å². The van der Waals surface area contributed by atoms with E-state index < -0.39 is 0 Å². The summed E-state index contributed by atoms with van der Waals surface area (Å²) in [6.45, 7) is 0. The average Bonchev–Trinajstić information content (AvgIpc) is 3.52. The monoisotopic (exact) mass is 525 g/mol. The maximum Gasteiger partial charge on any atom is 0.0621 e. The van der Waals surface area contributed by atoms with Gasteiger partial charge >= 0.3 is 0 Å². The van der Waals surface area contributed by atoms with Crippen molar-refractivity contribution in [3.05, 3.63) is 0 Å². The molecule has 8 aliphatic rings. The van der Waals surface area contributed by atoms with E-state index in [9.17, 15) is 0 Å². The van der Waals surface area contributed by atoms with Gasteiger partial charge in [-0.25, -0.2) is 0 Å². The molecule has 6 aliphatic carbocycles. The van der Waals surface area contributed by atoms with Gasteiger partial charge in [-0.05, 0) is 100 Å². The summed E-state index contributed by atoms with van der Waals surface area (Å²) in [6.07, 6.45) is 32.8. The quantitative estimate of drug-likeness (QED) is 0.366. The van der Waals surface area contributed by atoms with E-state index in [0.717, 1.165) is 64.1 Å². The normalized spacial score (nSPS) is 52.1. The lowest BCUT2D eigenvalue weighted by molar-refractivity contribution is -0.0193. The van der Waals surface area contributed by atoms with Crippen LogP contribution in [0.2, 0.25) is 0 Å². The Morgan fingerprint density at radius 1 is 0.486 bits per heavy atom. The van der Waals surface area contributed by atoms with Crippen LogP contribution in [0.25, 0.3) is 0 Å². The van der Waals surface area contributed by atoms with Crippen molar-refractivity contribution < 1.29 is 4.74 Å². The first-order chi connectivity index (χ1) is 18.3. The second-order valence-corrected chi connectivity index (χ2v) is 16.6. The molecule has 0 radical (unpaired) electrons. The zero-order valence-electron chi connectivity index (χ0n) is 23.6. The molecule has 0 N–H and O–H groups in total. The summed E-state index contributed by atoms with van der Waals surface area (Å²) in [5.74, 6) is 6.01. The van der Waals surface area contributed by atoms with Gasteiger partial charge in [0, 0.05) is 34.5 Å². The third kappa shape index (κ3) is 4.41. The minimum Gasteiger partial charge on any atom is -0.374 e. The lowest BCUT2D eigenvalue weighted by atomic mass is 9.64. The van der Waals surface area contributed by atoms with Gasteiger partial charge in [-0.15, -0.1) is 0 Å². The molecule has 2 aliphatic heterocycles. The van der Waals surface area contributed by atoms with Crippen molar-refractivity contribution in [3.8, 4) is 0 Å². The molecule has 208 valence electrons. The third-order valence-electron chi connectivity index (χ3n) is 13.6. The summed E-state index contributed by atoms with van der Waals surface area (Å²) in [5.41, 5.74) is 0. The predicted octanol–water partition coefficient (Wildman–Crippen LogP) is 8.62. The molecule has 6 saturated carbocycles. The largest absolute Gasteiger partial charge is 0.374 e. The fourth-order valence-corrected chi connectivity index (χ4v) is 14.6. The fourth-order valence-electron chi connectivity index (χ4n) is 12.2. The molecule has 0 aromatic heterocycles. The van der Waals surface area contributed by atoms with Gasteiger partial charge in [-0.1, -0.05) is 64.2 Å². The summed E-state index contributed by atoms with van der Waals surface area (Å²) < 4.78 is 6.82. The van der Waals surface area contributed by atoms with Gasteiger partial charge in [-0.3, -0.25) is 4.90 Å². The molecular weight excluding hydrogens is 470 g/mol. The Bertz CT molecular complexity index is 797. The van der Waals surface area contributed by atoms with Crippen LogP contribution in [0.4, 0.5) is 0 Å². The van der Waals surface area contributed by atoms with Crippen LogP contribution >= 0.6 is 11.8 Å². The van der Waals surface area contributed by atoms with Crippen molar-refractivity contribution in [2.45, 2.75) is 176 Å². The van der Waals surface area contributed by atoms with E-state index in [1.807, 2.05) is 0 Å². The van der Waals surface area contributed by atoms with Crippen LogP contribution in [-0.2, 0) is 4.74 Å². The summed E-state index contributed by atoms with van der Waals surface area (Å²) in [5, 5.41) is 1.88. The lowest BCUT2D eigenvalue weighted by Crippen LogP contribution is -2.57. The number of hydrogen-bond donors (Lipinski definition) is 0. The first kappa shape index (κ1) is 25.0. The van der Waals surface area contributed by atoms with Gasteiger partial charge in [0.25, 0.3) is 0 Å². The molecule has 12 unspecified atom stereocenters. The van der Waals surface area contributed by atoms with E-state index in [1.54, 1.807) is 32.1 Å². The molecule has 2 heterocycles. The van der Waals surface area contributed by atoms with Gasteiger partial charge in [-0.2, -0.15) is 11.8 Å². The maximum absolute atomic E-state index is 6.82. The highest BCUT2D eigenvalue weighted by molar-refractivity contribution is 8.00. The van der Waals surface area contributed by atoms with E-state index >= 15 is 0 Å². The van der Waals surface area contributed by atoms with Crippen molar-refractivity contribution in [1.82, 2.24) is 4.90 Å². The van der Waals surface area contributed by atoms with Gasteiger partial charge in [0.15, 0.2) is 0 Å². The van der Waals surface area contributed by atoms with Crippen LogP contribution in [-0.4, -0.2) is 45.7 Å². The first-order valence-electron chi connectivity index (χ1n) is 17.4. The zero-order chi connectivity index (χ0) is 24.3. The Labute approximate surface area is 232 Å². The van der Waals surface area contributed by atoms with Crippen molar-refractivity contribution in [3.63, 3.8) is 0 Å². The highest BCUT2D eigenvalue weighted by atomic mass is 32.2. The number of hydrogen-bond acceptors (Lipinski definition) is 3. The highest BCUT2D eigenvalue weighted by Gasteiger charge is 2.60. The van der Waals surface area contributed by atoms with E-state index in [2.05, 4.69) is 16.7 Å². The maximum atomic E-state index is 6.82. The summed E-state index contributed by atoms with van der Waals surface area (Å²) in [4.78, 5) is 3.33. The SMILES string of the molecule is C1CCC(N(C2CCC3CCCCC3C2)C2CCCC3C4CCC5OC6CCCCC6C5C4SC32)CC1. The fraction of sp³-hybridized carbons (Fsp3) is 1.00. The minimum absolute atomic E-state index is 0.622. The molecule has 2 nitrogen and oxygen atoms in total. The lowest BCUT2D eigenvalue weighted by Gasteiger charge is -2.53. The summed E-state index contributed by atoms with van der Waals surface area (Å²) in [7, 11) is 0. The molecule has 0 amide bonds. The standard InChI is InChI=1S/C34H55NOS/c1-2-11-24(12-3-1)35(25-18-17-22-9-4-5-10-23(22)21-25)29-15-8-14-26-27-19-20-31-32(34(27)37-33(26)29)28-13-6-7-16-30(28)36-31/h22-34H,1-21H2. The molecule has 12 atom stereocenters. The van der Waals surface area contributed by atoms with Crippen LogP contribution in [0.1, 0.15) is 135 Å². The zero-order valence-corrected chi connectivity index (χ0v) is 24.4. The second-order valence-electron chi connectivity index (χ2n) is 15.2. The molecule has 2 saturated heterocycles. The predicted molar refractivity (Wildman–Crippen MR) is 155 cm³/mol. The molecule has 0 bridgehead atoms. The molecule has 8 fully saturated rings. The van der Waals surface area contributed by atoms with Crippen LogP contribution < -0.4 is 0 Å². The molecule has 0 aromatic rings. The van der Waals surface area contributed by atoms with Crippen LogP contribution in [0.3, 0.4) is 0 Å².